The molecular weight excluding hydrogens is 485 g/mol. The molecule has 0 saturated heterocycles. The maximum absolute atomic E-state index is 15.0. The number of unbranched alkanes of at least 4 members (excludes halogenated alkanes) is 4. The minimum Gasteiger partial charge on any atom is -0.491 e. The Morgan fingerprint density at radius 2 is 1.50 bits per heavy atom. The second-order valence-electron chi connectivity index (χ2n) is 10.6. The van der Waals surface area contributed by atoms with Gasteiger partial charge in [0.05, 0.1) is 6.61 Å². The van der Waals surface area contributed by atoms with Gasteiger partial charge in [-0.1, -0.05) is 88.8 Å². The molecule has 0 amide bonds. The first kappa shape index (κ1) is 28.1. The molecule has 0 radical (unpaired) electrons. The first-order chi connectivity index (χ1) is 18.5. The van der Waals surface area contributed by atoms with Crippen LogP contribution in [-0.2, 0) is 6.61 Å². The maximum atomic E-state index is 15.0. The lowest BCUT2D eigenvalue weighted by Crippen LogP contribution is -2.13. The van der Waals surface area contributed by atoms with Crippen molar-refractivity contribution in [1.82, 2.24) is 0 Å². The van der Waals surface area contributed by atoms with Crippen molar-refractivity contribution in [3.63, 3.8) is 0 Å². The molecule has 3 aromatic carbocycles. The zero-order valence-corrected chi connectivity index (χ0v) is 22.6. The van der Waals surface area contributed by atoms with E-state index in [0.717, 1.165) is 44.1 Å². The Morgan fingerprint density at radius 3 is 2.21 bits per heavy atom. The smallest absolute Gasteiger partial charge is 0.168 e. The molecule has 5 heteroatoms. The van der Waals surface area contributed by atoms with Crippen molar-refractivity contribution < 1.29 is 22.6 Å². The van der Waals surface area contributed by atoms with Gasteiger partial charge in [0.2, 0.25) is 0 Å². The molecule has 0 heterocycles. The van der Waals surface area contributed by atoms with Crippen LogP contribution in [0.1, 0.15) is 88.7 Å². The number of halogens is 3. The second-order valence-corrected chi connectivity index (χ2v) is 10.6. The van der Waals surface area contributed by atoms with E-state index in [2.05, 4.69) is 13.8 Å². The molecule has 1 aliphatic carbocycles. The van der Waals surface area contributed by atoms with E-state index in [1.807, 2.05) is 12.1 Å². The molecule has 0 atom stereocenters. The Labute approximate surface area is 225 Å². The minimum atomic E-state index is -0.788. The molecule has 1 fully saturated rings. The van der Waals surface area contributed by atoms with Crippen molar-refractivity contribution in [2.24, 2.45) is 5.92 Å². The monoisotopic (exact) mass is 524 g/mol. The fraction of sp³-hybridized carbons (Fsp3) is 0.455. The minimum absolute atomic E-state index is 0.0929. The SMILES string of the molecule is CCCCCCCOc1ccc(OCc2ccc(-c3ccc(C4CCC(C)CC4)c(F)c3F)cc2)cc1F. The summed E-state index contributed by atoms with van der Waals surface area (Å²) in [4.78, 5) is 0. The van der Waals surface area contributed by atoms with E-state index in [-0.39, 0.29) is 23.8 Å². The molecule has 0 unspecified atom stereocenters. The van der Waals surface area contributed by atoms with E-state index in [1.165, 1.54) is 25.3 Å². The van der Waals surface area contributed by atoms with Gasteiger partial charge in [0.15, 0.2) is 23.2 Å². The highest BCUT2D eigenvalue weighted by molar-refractivity contribution is 5.65. The number of ether oxygens (including phenoxy) is 2. The molecule has 3 aromatic rings. The molecule has 2 nitrogen and oxygen atoms in total. The quantitative estimate of drug-likeness (QED) is 0.220. The average molecular weight is 525 g/mol. The summed E-state index contributed by atoms with van der Waals surface area (Å²) in [5.74, 6) is -0.573. The fourth-order valence-corrected chi connectivity index (χ4v) is 5.20. The predicted octanol–water partition coefficient (Wildman–Crippen LogP) is 9.99. The van der Waals surface area contributed by atoms with Gasteiger partial charge in [-0.05, 0) is 59.9 Å². The van der Waals surface area contributed by atoms with Crippen LogP contribution >= 0.6 is 0 Å². The summed E-state index contributed by atoms with van der Waals surface area (Å²) in [7, 11) is 0. The standard InChI is InChI=1S/C33H39F3O2/c1-3-4-5-6-7-20-37-31-19-16-27(21-30(31)34)38-22-24-10-14-26(15-11-24)29-18-17-28(32(35)33(29)36)25-12-8-23(2)9-13-25/h10-11,14-19,21,23,25H,3-9,12-13,20,22H2,1-2H3. The average Bonchev–Trinajstić information content (AvgIpc) is 2.93. The summed E-state index contributed by atoms with van der Waals surface area (Å²) in [6.45, 7) is 5.12. The van der Waals surface area contributed by atoms with Crippen LogP contribution in [0.5, 0.6) is 11.5 Å². The zero-order chi connectivity index (χ0) is 26.9. The van der Waals surface area contributed by atoms with Crippen LogP contribution in [0.2, 0.25) is 0 Å². The summed E-state index contributed by atoms with van der Waals surface area (Å²) in [5.41, 5.74) is 2.20. The largest absolute Gasteiger partial charge is 0.491 e. The molecule has 38 heavy (non-hydrogen) atoms. The van der Waals surface area contributed by atoms with E-state index in [4.69, 9.17) is 9.47 Å². The van der Waals surface area contributed by atoms with Crippen LogP contribution in [0.25, 0.3) is 11.1 Å². The third-order valence-electron chi connectivity index (χ3n) is 7.65. The number of hydrogen-bond acceptors (Lipinski definition) is 2. The van der Waals surface area contributed by atoms with Crippen molar-refractivity contribution in [1.29, 1.82) is 0 Å². The van der Waals surface area contributed by atoms with Crippen LogP contribution in [0, 0.1) is 23.4 Å². The number of rotatable bonds is 12. The third-order valence-corrected chi connectivity index (χ3v) is 7.65. The topological polar surface area (TPSA) is 18.5 Å². The van der Waals surface area contributed by atoms with E-state index in [0.29, 0.717) is 29.4 Å². The second kappa shape index (κ2) is 13.7. The molecular formula is C33H39F3O2. The van der Waals surface area contributed by atoms with Gasteiger partial charge >= 0.3 is 0 Å². The lowest BCUT2D eigenvalue weighted by molar-refractivity contribution is 0.283. The lowest BCUT2D eigenvalue weighted by atomic mass is 9.79. The van der Waals surface area contributed by atoms with Gasteiger partial charge in [-0.15, -0.1) is 0 Å². The highest BCUT2D eigenvalue weighted by Crippen LogP contribution is 2.38. The summed E-state index contributed by atoms with van der Waals surface area (Å²) < 4.78 is 55.7. The fourth-order valence-electron chi connectivity index (χ4n) is 5.20. The summed E-state index contributed by atoms with van der Waals surface area (Å²) in [6, 6.07) is 15.2. The third kappa shape index (κ3) is 7.33. The van der Waals surface area contributed by atoms with Crippen molar-refractivity contribution in [3.8, 4) is 22.6 Å². The van der Waals surface area contributed by atoms with Gasteiger partial charge in [0.25, 0.3) is 0 Å². The van der Waals surface area contributed by atoms with Crippen LogP contribution in [-0.4, -0.2) is 6.61 Å². The van der Waals surface area contributed by atoms with Crippen LogP contribution in [0.15, 0.2) is 54.6 Å². The number of hydrogen-bond donors (Lipinski definition) is 0. The number of benzene rings is 3. The maximum Gasteiger partial charge on any atom is 0.168 e. The van der Waals surface area contributed by atoms with Crippen LogP contribution in [0.4, 0.5) is 13.2 Å². The molecule has 0 aromatic heterocycles. The van der Waals surface area contributed by atoms with Gasteiger partial charge in [-0.3, -0.25) is 0 Å². The van der Waals surface area contributed by atoms with Crippen molar-refractivity contribution in [3.05, 3.63) is 83.2 Å². The molecule has 0 N–H and O–H groups in total. The first-order valence-corrected chi connectivity index (χ1v) is 14.1. The van der Waals surface area contributed by atoms with Crippen LogP contribution in [0.3, 0.4) is 0 Å². The molecule has 204 valence electrons. The molecule has 1 aliphatic rings. The highest BCUT2D eigenvalue weighted by Gasteiger charge is 2.25. The lowest BCUT2D eigenvalue weighted by Gasteiger charge is -2.27. The van der Waals surface area contributed by atoms with E-state index in [9.17, 15) is 8.78 Å². The first-order valence-electron chi connectivity index (χ1n) is 14.1. The van der Waals surface area contributed by atoms with Gasteiger partial charge in [0, 0.05) is 11.6 Å². The van der Waals surface area contributed by atoms with Crippen LogP contribution < -0.4 is 9.47 Å². The summed E-state index contributed by atoms with van der Waals surface area (Å²) in [5, 5.41) is 0. The van der Waals surface area contributed by atoms with E-state index < -0.39 is 17.5 Å². The van der Waals surface area contributed by atoms with Crippen molar-refractivity contribution >= 4 is 0 Å². The van der Waals surface area contributed by atoms with E-state index >= 15 is 4.39 Å². The van der Waals surface area contributed by atoms with Gasteiger partial charge in [0.1, 0.15) is 12.4 Å². The zero-order valence-electron chi connectivity index (χ0n) is 22.6. The highest BCUT2D eigenvalue weighted by atomic mass is 19.2. The molecule has 0 aliphatic heterocycles. The van der Waals surface area contributed by atoms with Gasteiger partial charge in [-0.2, -0.15) is 0 Å². The van der Waals surface area contributed by atoms with Gasteiger partial charge < -0.3 is 9.47 Å². The van der Waals surface area contributed by atoms with E-state index in [1.54, 1.807) is 36.4 Å². The summed E-state index contributed by atoms with van der Waals surface area (Å²) >= 11 is 0. The van der Waals surface area contributed by atoms with Gasteiger partial charge in [-0.25, -0.2) is 13.2 Å². The molecule has 1 saturated carbocycles. The Kier molecular flexibility index (Phi) is 10.1. The molecule has 4 rings (SSSR count). The Balaban J connectivity index is 1.32. The molecule has 0 bridgehead atoms. The Morgan fingerprint density at radius 1 is 0.763 bits per heavy atom. The summed E-state index contributed by atoms with van der Waals surface area (Å²) in [6.07, 6.45) is 9.50. The van der Waals surface area contributed by atoms with Crippen molar-refractivity contribution in [2.75, 3.05) is 6.61 Å². The predicted molar refractivity (Wildman–Crippen MR) is 147 cm³/mol. The van der Waals surface area contributed by atoms with Crippen molar-refractivity contribution in [2.45, 2.75) is 84.2 Å². The Bertz CT molecular complexity index is 1170. The molecule has 0 spiro atoms. The Hall–Kier alpha value is -2.95. The normalized spacial score (nSPS) is 17.4.